The maximum atomic E-state index is 9.82. The maximum absolute atomic E-state index is 9.82. The molecule has 0 saturated carbocycles. The summed E-state index contributed by atoms with van der Waals surface area (Å²) in [5.41, 5.74) is 10.8. The average molecular weight is 458 g/mol. The van der Waals surface area contributed by atoms with Crippen molar-refractivity contribution in [1.29, 1.82) is 10.7 Å². The van der Waals surface area contributed by atoms with E-state index >= 15 is 0 Å². The number of β-amino-alcohol motifs (C(OH)–C–C–N with tert-alkyl or cyclic N) is 1. The number of pyridine rings is 1. The largest absolute Gasteiger partial charge is 0.486 e. The van der Waals surface area contributed by atoms with Gasteiger partial charge in [0.05, 0.1) is 29.3 Å². The van der Waals surface area contributed by atoms with Crippen molar-refractivity contribution in [3.05, 3.63) is 70.2 Å². The van der Waals surface area contributed by atoms with Gasteiger partial charge in [0.25, 0.3) is 0 Å². The van der Waals surface area contributed by atoms with Gasteiger partial charge in [0.1, 0.15) is 23.7 Å². The van der Waals surface area contributed by atoms with Gasteiger partial charge in [-0.1, -0.05) is 0 Å². The summed E-state index contributed by atoms with van der Waals surface area (Å²) in [4.78, 5) is 6.33. The highest BCUT2D eigenvalue weighted by Crippen LogP contribution is 2.30. The van der Waals surface area contributed by atoms with Crippen molar-refractivity contribution in [1.82, 2.24) is 15.2 Å². The predicted octanol–water partition coefficient (Wildman–Crippen LogP) is 3.07. The highest BCUT2D eigenvalue weighted by molar-refractivity contribution is 6.14. The zero-order valence-corrected chi connectivity index (χ0v) is 19.4. The lowest BCUT2D eigenvalue weighted by molar-refractivity contribution is 0.198. The molecule has 9 heteroatoms. The second kappa shape index (κ2) is 9.45. The van der Waals surface area contributed by atoms with Crippen LogP contribution in [0.4, 0.5) is 11.5 Å². The lowest BCUT2D eigenvalue weighted by Gasteiger charge is -2.20. The number of anilines is 2. The summed E-state index contributed by atoms with van der Waals surface area (Å²) in [5, 5.41) is 36.3. The first kappa shape index (κ1) is 23.1. The van der Waals surface area contributed by atoms with Crippen LogP contribution >= 0.6 is 0 Å². The molecule has 4 N–H and O–H groups in total. The van der Waals surface area contributed by atoms with E-state index in [2.05, 4.69) is 21.3 Å². The van der Waals surface area contributed by atoms with Crippen molar-refractivity contribution < 1.29 is 9.84 Å². The summed E-state index contributed by atoms with van der Waals surface area (Å²) in [6, 6.07) is 9.00. The number of aryl methyl sites for hydroxylation is 2. The number of nitrogens with zero attached hydrogens (tertiary/aromatic N) is 5. The predicted molar refractivity (Wildman–Crippen MR) is 129 cm³/mol. The summed E-state index contributed by atoms with van der Waals surface area (Å²) >= 11 is 0. The Bertz CT molecular complexity index is 1260. The molecule has 0 spiro atoms. The van der Waals surface area contributed by atoms with Gasteiger partial charge in [-0.3, -0.25) is 5.41 Å². The fraction of sp³-hybridized carbons (Fsp3) is 0.320. The molecule has 34 heavy (non-hydrogen) atoms. The summed E-state index contributed by atoms with van der Waals surface area (Å²) in [6.45, 7) is 6.87. The normalized spacial score (nSPS) is 16.2. The number of nitrogen functional groups attached to an aromatic ring is 1. The van der Waals surface area contributed by atoms with Crippen molar-refractivity contribution in [2.45, 2.75) is 39.4 Å². The van der Waals surface area contributed by atoms with E-state index in [0.717, 1.165) is 16.8 Å². The topological polar surface area (TPSA) is 145 Å². The number of nitriles is 1. The lowest BCUT2D eigenvalue weighted by Crippen LogP contribution is -2.23. The molecular weight excluding hydrogens is 430 g/mol. The van der Waals surface area contributed by atoms with Gasteiger partial charge in [-0.25, -0.2) is 4.98 Å². The summed E-state index contributed by atoms with van der Waals surface area (Å²) < 4.78 is 6.17. The Balaban J connectivity index is 1.60. The number of hydrogen-bond acceptors (Lipinski definition) is 9. The number of hydrogen-bond donors (Lipinski definition) is 3. The Labute approximate surface area is 198 Å². The molecule has 0 bridgehead atoms. The van der Waals surface area contributed by atoms with E-state index in [-0.39, 0.29) is 11.8 Å². The van der Waals surface area contributed by atoms with E-state index in [4.69, 9.17) is 15.9 Å². The highest BCUT2D eigenvalue weighted by atomic mass is 16.5. The maximum Gasteiger partial charge on any atom is 0.146 e. The Hall–Kier alpha value is -4.03. The first-order valence-electron chi connectivity index (χ1n) is 11.1. The van der Waals surface area contributed by atoms with E-state index in [1.807, 2.05) is 25.7 Å². The van der Waals surface area contributed by atoms with Gasteiger partial charge in [0.2, 0.25) is 0 Å². The van der Waals surface area contributed by atoms with Crippen molar-refractivity contribution in [3.8, 4) is 11.8 Å². The van der Waals surface area contributed by atoms with Crippen LogP contribution in [0.2, 0.25) is 0 Å². The number of ether oxygens (including phenoxy) is 1. The monoisotopic (exact) mass is 457 g/mol. The molecular formula is C25H27N7O2. The van der Waals surface area contributed by atoms with Gasteiger partial charge in [-0.05, 0) is 57.0 Å². The van der Waals surface area contributed by atoms with Crippen molar-refractivity contribution in [3.63, 3.8) is 0 Å². The SMILES string of the molecule is Cc1cnnc(C)c1[C@@H](C)Oc1ccc(N)c(C(=N)c2cnc(N3CC[C@H](O)C3)c(C#N)c2)c1. The molecule has 1 aromatic carbocycles. The first-order valence-corrected chi connectivity index (χ1v) is 11.1. The molecule has 2 aromatic heterocycles. The van der Waals surface area contributed by atoms with Crippen LogP contribution in [0, 0.1) is 30.6 Å². The Morgan fingerprint density at radius 3 is 2.79 bits per heavy atom. The first-order chi connectivity index (χ1) is 16.3. The number of aromatic nitrogens is 3. The standard InChI is InChI=1S/C25H27N7O2/c1-14-11-30-31-15(2)23(14)16(3)34-20-4-5-22(27)21(9-20)24(28)18-8-17(10-26)25(29-12-18)32-7-6-19(33)13-32/h4-5,8-9,11-12,16,19,28,33H,6-7,13,27H2,1-3H3/t16-,19+/m1/s1. The molecule has 2 atom stereocenters. The van der Waals surface area contributed by atoms with Crippen molar-refractivity contribution in [2.24, 2.45) is 0 Å². The van der Waals surface area contributed by atoms with Crippen molar-refractivity contribution in [2.75, 3.05) is 23.7 Å². The van der Waals surface area contributed by atoms with Gasteiger partial charge < -0.3 is 20.5 Å². The quantitative estimate of drug-likeness (QED) is 0.378. The molecule has 0 radical (unpaired) electrons. The summed E-state index contributed by atoms with van der Waals surface area (Å²) in [6.07, 6.45) is 3.21. The third-order valence-electron chi connectivity index (χ3n) is 6.03. The van der Waals surface area contributed by atoms with E-state index in [9.17, 15) is 10.4 Å². The smallest absolute Gasteiger partial charge is 0.146 e. The van der Waals surface area contributed by atoms with Crippen LogP contribution < -0.4 is 15.4 Å². The molecule has 3 aromatic rings. The Kier molecular flexibility index (Phi) is 6.43. The summed E-state index contributed by atoms with van der Waals surface area (Å²) in [7, 11) is 0. The van der Waals surface area contributed by atoms with Gasteiger partial charge >= 0.3 is 0 Å². The third-order valence-corrected chi connectivity index (χ3v) is 6.03. The molecule has 9 nitrogen and oxygen atoms in total. The van der Waals surface area contributed by atoms with Crippen LogP contribution in [0.15, 0.2) is 36.7 Å². The molecule has 1 saturated heterocycles. The van der Waals surface area contributed by atoms with E-state index in [0.29, 0.717) is 53.5 Å². The zero-order valence-electron chi connectivity index (χ0n) is 19.4. The number of benzene rings is 1. The molecule has 4 rings (SSSR count). The molecule has 0 amide bonds. The number of aliphatic hydroxyl groups excluding tert-OH is 1. The summed E-state index contributed by atoms with van der Waals surface area (Å²) in [5.74, 6) is 1.08. The van der Waals surface area contributed by atoms with Crippen LogP contribution in [0.1, 0.15) is 53.0 Å². The second-order valence-corrected chi connectivity index (χ2v) is 8.51. The minimum Gasteiger partial charge on any atom is -0.486 e. The fourth-order valence-electron chi connectivity index (χ4n) is 4.33. The van der Waals surface area contributed by atoms with Gasteiger partial charge in [-0.2, -0.15) is 15.5 Å². The van der Waals surface area contributed by atoms with Crippen LogP contribution in [0.5, 0.6) is 5.75 Å². The van der Waals surface area contributed by atoms with Crippen LogP contribution in [0.3, 0.4) is 0 Å². The average Bonchev–Trinajstić information content (AvgIpc) is 3.25. The Morgan fingerprint density at radius 1 is 1.32 bits per heavy atom. The molecule has 174 valence electrons. The molecule has 0 aliphatic carbocycles. The van der Waals surface area contributed by atoms with E-state index in [1.54, 1.807) is 36.7 Å². The van der Waals surface area contributed by atoms with Gasteiger partial charge in [-0.15, -0.1) is 0 Å². The van der Waals surface area contributed by atoms with E-state index < -0.39 is 6.10 Å². The minimum atomic E-state index is -0.424. The third kappa shape index (κ3) is 4.54. The van der Waals surface area contributed by atoms with Crippen LogP contribution in [0.25, 0.3) is 0 Å². The van der Waals surface area contributed by atoms with Gasteiger partial charge in [0, 0.05) is 41.7 Å². The lowest BCUT2D eigenvalue weighted by atomic mass is 10.0. The highest BCUT2D eigenvalue weighted by Gasteiger charge is 2.24. The molecule has 1 aliphatic rings. The number of rotatable bonds is 6. The molecule has 0 unspecified atom stereocenters. The molecule has 3 heterocycles. The van der Waals surface area contributed by atoms with Crippen LogP contribution in [-0.4, -0.2) is 45.2 Å². The minimum absolute atomic E-state index is 0.144. The number of aliphatic hydroxyl groups is 1. The molecule has 1 fully saturated rings. The Morgan fingerprint density at radius 2 is 2.12 bits per heavy atom. The number of nitrogens with one attached hydrogen (secondary N) is 1. The zero-order chi connectivity index (χ0) is 24.4. The van der Waals surface area contributed by atoms with Crippen LogP contribution in [-0.2, 0) is 0 Å². The van der Waals surface area contributed by atoms with Gasteiger partial charge in [0.15, 0.2) is 0 Å². The second-order valence-electron chi connectivity index (χ2n) is 8.51. The number of nitrogens with two attached hydrogens (primary N) is 1. The fourth-order valence-corrected chi connectivity index (χ4v) is 4.33. The van der Waals surface area contributed by atoms with Crippen molar-refractivity contribution >= 4 is 17.2 Å². The van der Waals surface area contributed by atoms with E-state index in [1.165, 1.54) is 0 Å². The molecule has 1 aliphatic heterocycles.